The van der Waals surface area contributed by atoms with Crippen LogP contribution in [0.25, 0.3) is 0 Å². The lowest BCUT2D eigenvalue weighted by atomic mass is 9.94. The summed E-state index contributed by atoms with van der Waals surface area (Å²) >= 11 is 0. The van der Waals surface area contributed by atoms with Crippen LogP contribution in [0.2, 0.25) is 0 Å². The van der Waals surface area contributed by atoms with Crippen LogP contribution in [-0.4, -0.2) is 73.7 Å². The first-order valence-corrected chi connectivity index (χ1v) is 20.3. The van der Waals surface area contributed by atoms with Crippen molar-refractivity contribution in [3.05, 3.63) is 106 Å². The van der Waals surface area contributed by atoms with Crippen molar-refractivity contribution >= 4 is 57.6 Å². The van der Waals surface area contributed by atoms with Crippen molar-refractivity contribution in [2.24, 2.45) is 0 Å². The van der Waals surface area contributed by atoms with Crippen molar-refractivity contribution < 1.29 is 19.2 Å². The molecular formula is C46H59N7O4. The van der Waals surface area contributed by atoms with Gasteiger partial charge >= 0.3 is 0 Å². The van der Waals surface area contributed by atoms with Gasteiger partial charge in [-0.1, -0.05) is 12.1 Å². The highest BCUT2D eigenvalue weighted by Crippen LogP contribution is 2.34. The summed E-state index contributed by atoms with van der Waals surface area (Å²) in [5.74, 6) is -1.82. The molecule has 0 saturated carbocycles. The molecule has 5 rings (SSSR count). The quantitative estimate of drug-likeness (QED) is 0.0488. The summed E-state index contributed by atoms with van der Waals surface area (Å²) in [5.41, 5.74) is 15.5. The summed E-state index contributed by atoms with van der Waals surface area (Å²) < 4.78 is 0. The van der Waals surface area contributed by atoms with Gasteiger partial charge in [-0.15, -0.1) is 0 Å². The third-order valence-electron chi connectivity index (χ3n) is 11.1. The number of ketones is 1. The number of fused-ring (bicyclic) bond motifs is 1. The first-order chi connectivity index (χ1) is 27.4. The van der Waals surface area contributed by atoms with Gasteiger partial charge in [0.25, 0.3) is 11.8 Å². The number of nitrogens with one attached hydrogen (secondary N) is 3. The van der Waals surface area contributed by atoms with Gasteiger partial charge in [-0.05, 0) is 146 Å². The smallest absolute Gasteiger partial charge is 0.262 e. The number of carbonyl (C=O) groups excluding carboxylic acids is 4. The molecule has 0 spiro atoms. The van der Waals surface area contributed by atoms with E-state index in [1.165, 1.54) is 0 Å². The fourth-order valence-corrected chi connectivity index (χ4v) is 7.66. The number of anilines is 6. The number of hydrogen-bond donors (Lipinski definition) is 3. The molecule has 1 aliphatic heterocycles. The molecule has 0 saturated heterocycles. The molecule has 1 unspecified atom stereocenters. The van der Waals surface area contributed by atoms with Crippen molar-refractivity contribution in [1.82, 2.24) is 4.90 Å². The Bertz CT molecular complexity index is 2070. The molecule has 4 aromatic carbocycles. The zero-order valence-electron chi connectivity index (χ0n) is 35.1. The van der Waals surface area contributed by atoms with E-state index in [4.69, 9.17) is 0 Å². The molecule has 302 valence electrons. The number of imide groups is 1. The fourth-order valence-electron chi connectivity index (χ4n) is 7.66. The molecule has 0 aliphatic carbocycles. The number of benzene rings is 4. The Morgan fingerprint density at radius 3 is 1.56 bits per heavy atom. The molecule has 0 aromatic heterocycles. The first kappa shape index (κ1) is 42.3. The van der Waals surface area contributed by atoms with Crippen LogP contribution in [0.3, 0.4) is 0 Å². The number of rotatable bonds is 19. The predicted molar refractivity (Wildman–Crippen MR) is 234 cm³/mol. The summed E-state index contributed by atoms with van der Waals surface area (Å²) in [4.78, 5) is 64.3. The monoisotopic (exact) mass is 773 g/mol. The van der Waals surface area contributed by atoms with E-state index in [1.54, 1.807) is 30.3 Å². The van der Waals surface area contributed by atoms with Crippen molar-refractivity contribution in [3.63, 3.8) is 0 Å². The van der Waals surface area contributed by atoms with Gasteiger partial charge < -0.3 is 30.9 Å². The molecule has 1 atom stereocenters. The molecule has 0 radical (unpaired) electrons. The van der Waals surface area contributed by atoms with Crippen molar-refractivity contribution in [1.29, 1.82) is 0 Å². The minimum Gasteiger partial charge on any atom is -0.372 e. The molecule has 3 N–H and O–H groups in total. The average Bonchev–Trinajstić information content (AvgIpc) is 3.46. The largest absolute Gasteiger partial charge is 0.372 e. The van der Waals surface area contributed by atoms with E-state index >= 15 is 4.79 Å². The molecule has 4 aromatic rings. The number of amides is 3. The van der Waals surface area contributed by atoms with E-state index in [0.29, 0.717) is 35.7 Å². The Hall–Kier alpha value is -5.84. The molecule has 1 heterocycles. The first-order valence-electron chi connectivity index (χ1n) is 20.3. The lowest BCUT2D eigenvalue weighted by Crippen LogP contribution is -2.45. The summed E-state index contributed by atoms with van der Waals surface area (Å²) in [6, 6.07) is 21.3. The van der Waals surface area contributed by atoms with Crippen LogP contribution in [0.4, 0.5) is 34.1 Å². The summed E-state index contributed by atoms with van der Waals surface area (Å²) in [6.45, 7) is 23.3. The Morgan fingerprint density at radius 2 is 1.07 bits per heavy atom. The van der Waals surface area contributed by atoms with E-state index in [1.807, 2.05) is 65.0 Å². The van der Waals surface area contributed by atoms with Gasteiger partial charge in [0.05, 0.1) is 22.5 Å². The number of hydrogen-bond acceptors (Lipinski definition) is 9. The number of hydrazine groups is 1. The highest BCUT2D eigenvalue weighted by Gasteiger charge is 2.43. The summed E-state index contributed by atoms with van der Waals surface area (Å²) in [7, 11) is 0. The Balaban J connectivity index is 1.49. The minimum absolute atomic E-state index is 0.0582. The molecule has 3 amide bonds. The van der Waals surface area contributed by atoms with Gasteiger partial charge in [-0.2, -0.15) is 0 Å². The van der Waals surface area contributed by atoms with Gasteiger partial charge in [0.15, 0.2) is 5.78 Å². The van der Waals surface area contributed by atoms with E-state index in [-0.39, 0.29) is 29.9 Å². The third kappa shape index (κ3) is 9.09. The second-order valence-corrected chi connectivity index (χ2v) is 14.4. The van der Waals surface area contributed by atoms with E-state index < -0.39 is 23.6 Å². The molecule has 11 heteroatoms. The fraction of sp³-hybridized carbons (Fsp3) is 0.391. The number of nitrogens with zero attached hydrogens (tertiary/aromatic N) is 4. The Labute approximate surface area is 338 Å². The van der Waals surface area contributed by atoms with Crippen LogP contribution in [0.5, 0.6) is 0 Å². The molecular weight excluding hydrogens is 715 g/mol. The van der Waals surface area contributed by atoms with Crippen molar-refractivity contribution in [2.75, 3.05) is 70.1 Å². The van der Waals surface area contributed by atoms with Gasteiger partial charge in [0.1, 0.15) is 6.04 Å². The molecule has 0 bridgehead atoms. The lowest BCUT2D eigenvalue weighted by Gasteiger charge is -2.30. The highest BCUT2D eigenvalue weighted by atomic mass is 16.2. The molecule has 0 fully saturated rings. The van der Waals surface area contributed by atoms with Crippen molar-refractivity contribution in [3.8, 4) is 0 Å². The van der Waals surface area contributed by atoms with E-state index in [9.17, 15) is 14.4 Å². The number of aryl methyl sites for hydroxylation is 3. The highest BCUT2D eigenvalue weighted by molar-refractivity contribution is 6.24. The van der Waals surface area contributed by atoms with Gasteiger partial charge in [0, 0.05) is 74.0 Å². The Morgan fingerprint density at radius 1 is 0.596 bits per heavy atom. The zero-order valence-corrected chi connectivity index (χ0v) is 35.1. The second kappa shape index (κ2) is 18.9. The Kier molecular flexibility index (Phi) is 14.0. The summed E-state index contributed by atoms with van der Waals surface area (Å²) in [6.07, 6.45) is -0.152. The normalized spacial score (nSPS) is 12.6. The van der Waals surface area contributed by atoms with Crippen molar-refractivity contribution in [2.45, 2.75) is 81.2 Å². The zero-order chi connectivity index (χ0) is 41.4. The minimum atomic E-state index is -1.23. The summed E-state index contributed by atoms with van der Waals surface area (Å²) in [5, 5.41) is 3.01. The van der Waals surface area contributed by atoms with Crippen LogP contribution >= 0.6 is 0 Å². The van der Waals surface area contributed by atoms with Crippen LogP contribution in [0, 0.1) is 20.8 Å². The van der Waals surface area contributed by atoms with Crippen LogP contribution in [0.15, 0.2) is 72.8 Å². The standard InChI is InChI=1S/C46H59N7O4/c1-10-50(11-2)33-20-22-38(30(7)26-33)47-43(54)25-24-41(53-45(56)35-18-16-17-19-36(35)46(53)57)44(55)37-29-40(32(9)28-42(37)52(14-5)15-6)49-48-39-23-21-34(27-31(39)8)51(12-3)13-4/h16-23,26-29,41,48-49H,10-15,24-25H2,1-9H3,(H,47,54). The van der Waals surface area contributed by atoms with E-state index in [2.05, 4.69) is 70.7 Å². The molecule has 57 heavy (non-hydrogen) atoms. The predicted octanol–water partition coefficient (Wildman–Crippen LogP) is 8.86. The number of Topliss-reactive ketones (excluding diaryl/α,β-unsaturated/α-hetero) is 1. The van der Waals surface area contributed by atoms with E-state index in [0.717, 1.165) is 64.8 Å². The maximum absolute atomic E-state index is 15.1. The van der Waals surface area contributed by atoms with Crippen LogP contribution in [0.1, 0.15) is 102 Å². The molecule has 1 aliphatic rings. The van der Waals surface area contributed by atoms with Gasteiger partial charge in [0.2, 0.25) is 5.91 Å². The van der Waals surface area contributed by atoms with Gasteiger partial charge in [-0.3, -0.25) is 24.1 Å². The maximum atomic E-state index is 15.1. The third-order valence-corrected chi connectivity index (χ3v) is 11.1. The van der Waals surface area contributed by atoms with Crippen LogP contribution < -0.4 is 30.9 Å². The number of carbonyl (C=O) groups is 4. The maximum Gasteiger partial charge on any atom is 0.262 e. The lowest BCUT2D eigenvalue weighted by molar-refractivity contribution is -0.116. The SMILES string of the molecule is CCN(CC)c1ccc(NNc2cc(C(=O)C(CCC(=O)Nc3ccc(N(CC)CC)cc3C)N3C(=O)c4ccccc4C3=O)c(N(CC)CC)cc2C)c(C)c1. The second-order valence-electron chi connectivity index (χ2n) is 14.4. The van der Waals surface area contributed by atoms with Gasteiger partial charge in [-0.25, -0.2) is 0 Å². The average molecular weight is 774 g/mol. The molecule has 11 nitrogen and oxygen atoms in total. The van der Waals surface area contributed by atoms with Crippen LogP contribution in [-0.2, 0) is 4.79 Å². The topological polar surface area (TPSA) is 117 Å².